The van der Waals surface area contributed by atoms with Crippen molar-refractivity contribution < 1.29 is 23.5 Å². The van der Waals surface area contributed by atoms with Crippen LogP contribution in [-0.4, -0.2) is 22.0 Å². The summed E-state index contributed by atoms with van der Waals surface area (Å²) in [5.41, 5.74) is 1.05. The quantitative estimate of drug-likeness (QED) is 0.623. The van der Waals surface area contributed by atoms with E-state index in [4.69, 9.17) is 11.6 Å². The van der Waals surface area contributed by atoms with Crippen LogP contribution in [0.25, 0.3) is 10.6 Å². The van der Waals surface area contributed by atoms with Crippen LogP contribution in [0.5, 0.6) is 0 Å². The molecule has 9 heteroatoms. The molecule has 1 heterocycles. The molecule has 1 aromatic heterocycles. The molecule has 0 aliphatic carbocycles. The first-order valence-electron chi connectivity index (χ1n) is 8.01. The first kappa shape index (κ1) is 19.9. The number of nitrogens with zero attached hydrogens (tertiary/aromatic N) is 1. The normalized spacial score (nSPS) is 11.8. The van der Waals surface area contributed by atoms with Gasteiger partial charge >= 0.3 is 5.97 Å². The van der Waals surface area contributed by atoms with Crippen LogP contribution in [0.1, 0.15) is 17.3 Å². The van der Waals surface area contributed by atoms with Crippen molar-refractivity contribution in [3.05, 3.63) is 75.8 Å². The molecule has 1 amide bonds. The molecule has 3 aromatic rings. The van der Waals surface area contributed by atoms with Crippen LogP contribution in [0.2, 0.25) is 5.02 Å². The number of amides is 1. The van der Waals surface area contributed by atoms with Gasteiger partial charge in [0.25, 0.3) is 0 Å². The third kappa shape index (κ3) is 4.71. The fourth-order valence-electron chi connectivity index (χ4n) is 2.50. The molecule has 2 aromatic carbocycles. The molecule has 28 heavy (non-hydrogen) atoms. The number of carboxylic acids is 1. The maximum atomic E-state index is 13.6. The lowest BCUT2D eigenvalue weighted by atomic mass is 10.1. The van der Waals surface area contributed by atoms with Gasteiger partial charge in [-0.15, -0.1) is 11.3 Å². The van der Waals surface area contributed by atoms with Crippen molar-refractivity contribution in [2.24, 2.45) is 0 Å². The molecule has 5 nitrogen and oxygen atoms in total. The van der Waals surface area contributed by atoms with E-state index in [9.17, 15) is 23.5 Å². The van der Waals surface area contributed by atoms with Crippen molar-refractivity contribution in [2.75, 3.05) is 0 Å². The largest absolute Gasteiger partial charge is 0.479 e. The molecular weight excluding hydrogens is 410 g/mol. The Morgan fingerprint density at radius 2 is 2.00 bits per heavy atom. The van der Waals surface area contributed by atoms with Crippen LogP contribution < -0.4 is 5.32 Å². The summed E-state index contributed by atoms with van der Waals surface area (Å²) in [5, 5.41) is 13.7. The zero-order valence-corrected chi connectivity index (χ0v) is 15.7. The summed E-state index contributed by atoms with van der Waals surface area (Å²) >= 11 is 6.84. The van der Waals surface area contributed by atoms with E-state index >= 15 is 0 Å². The summed E-state index contributed by atoms with van der Waals surface area (Å²) in [4.78, 5) is 28.0. The van der Waals surface area contributed by atoms with Crippen molar-refractivity contribution >= 4 is 34.8 Å². The van der Waals surface area contributed by atoms with Gasteiger partial charge in [0.15, 0.2) is 6.04 Å². The van der Waals surface area contributed by atoms with Gasteiger partial charge in [-0.2, -0.15) is 0 Å². The van der Waals surface area contributed by atoms with Crippen LogP contribution in [0.3, 0.4) is 0 Å². The van der Waals surface area contributed by atoms with E-state index in [-0.39, 0.29) is 17.0 Å². The molecule has 0 spiro atoms. The minimum Gasteiger partial charge on any atom is -0.479 e. The minimum absolute atomic E-state index is 0.0569. The Morgan fingerprint density at radius 3 is 2.68 bits per heavy atom. The topological polar surface area (TPSA) is 79.3 Å². The Kier molecular flexibility index (Phi) is 6.01. The molecule has 0 fully saturated rings. The SMILES string of the molecule is O=C(Cc1csc(-c2cccc(F)c2)n1)NC(C(=O)O)c1ccc(Cl)c(F)c1. The van der Waals surface area contributed by atoms with Crippen molar-refractivity contribution in [3.8, 4) is 10.6 Å². The Balaban J connectivity index is 1.71. The zero-order valence-electron chi connectivity index (χ0n) is 14.2. The number of benzene rings is 2. The summed E-state index contributed by atoms with van der Waals surface area (Å²) in [6, 6.07) is 7.99. The molecule has 1 unspecified atom stereocenters. The lowest BCUT2D eigenvalue weighted by Crippen LogP contribution is -2.34. The number of hydrogen-bond acceptors (Lipinski definition) is 4. The Labute approximate surface area is 167 Å². The Morgan fingerprint density at radius 1 is 1.21 bits per heavy atom. The smallest absolute Gasteiger partial charge is 0.330 e. The van der Waals surface area contributed by atoms with Gasteiger partial charge in [0.1, 0.15) is 16.6 Å². The van der Waals surface area contributed by atoms with Crippen LogP contribution >= 0.6 is 22.9 Å². The van der Waals surface area contributed by atoms with Gasteiger partial charge in [0.2, 0.25) is 5.91 Å². The van der Waals surface area contributed by atoms with Crippen LogP contribution in [0.4, 0.5) is 8.78 Å². The molecule has 0 bridgehead atoms. The fraction of sp³-hybridized carbons (Fsp3) is 0.105. The second kappa shape index (κ2) is 8.45. The number of carboxylic acid groups (broad SMARTS) is 1. The van der Waals surface area contributed by atoms with E-state index in [1.807, 2.05) is 0 Å². The number of aliphatic carboxylic acids is 1. The molecule has 1 atom stereocenters. The summed E-state index contributed by atoms with van der Waals surface area (Å²) in [5.74, 6) is -3.11. The number of thiazole rings is 1. The standard InChI is InChI=1S/C19H13ClF2N2O3S/c20-14-5-4-10(7-15(14)22)17(19(26)27)24-16(25)8-13-9-28-18(23-13)11-2-1-3-12(21)6-11/h1-7,9,17H,8H2,(H,24,25)(H,26,27). The lowest BCUT2D eigenvalue weighted by molar-refractivity contribution is -0.142. The number of carbonyl (C=O) groups excluding carboxylic acids is 1. The Hall–Kier alpha value is -2.84. The van der Waals surface area contributed by atoms with Gasteiger partial charge < -0.3 is 10.4 Å². The summed E-state index contributed by atoms with van der Waals surface area (Å²) in [6.07, 6.45) is -0.175. The van der Waals surface area contributed by atoms with E-state index in [0.29, 0.717) is 16.3 Å². The van der Waals surface area contributed by atoms with E-state index in [1.165, 1.54) is 35.6 Å². The Bertz CT molecular complexity index is 1040. The second-order valence-corrected chi connectivity index (χ2v) is 7.11. The molecule has 0 aliphatic rings. The highest BCUT2D eigenvalue weighted by Crippen LogP contribution is 2.25. The van der Waals surface area contributed by atoms with Gasteiger partial charge in [0, 0.05) is 10.9 Å². The van der Waals surface area contributed by atoms with Gasteiger partial charge in [-0.25, -0.2) is 18.6 Å². The highest BCUT2D eigenvalue weighted by atomic mass is 35.5. The third-order valence-electron chi connectivity index (χ3n) is 3.79. The van der Waals surface area contributed by atoms with Crippen molar-refractivity contribution in [1.29, 1.82) is 0 Å². The fourth-order valence-corrected chi connectivity index (χ4v) is 3.43. The number of rotatable bonds is 6. The zero-order chi connectivity index (χ0) is 20.3. The average molecular weight is 423 g/mol. The first-order chi connectivity index (χ1) is 13.3. The van der Waals surface area contributed by atoms with Crippen molar-refractivity contribution in [1.82, 2.24) is 10.3 Å². The molecule has 0 saturated heterocycles. The monoisotopic (exact) mass is 422 g/mol. The van der Waals surface area contributed by atoms with Crippen LogP contribution in [0.15, 0.2) is 47.8 Å². The van der Waals surface area contributed by atoms with E-state index in [2.05, 4.69) is 10.3 Å². The lowest BCUT2D eigenvalue weighted by Gasteiger charge is -2.15. The second-order valence-electron chi connectivity index (χ2n) is 5.84. The number of hydrogen-bond donors (Lipinski definition) is 2. The highest BCUT2D eigenvalue weighted by molar-refractivity contribution is 7.13. The summed E-state index contributed by atoms with van der Waals surface area (Å²) in [7, 11) is 0. The minimum atomic E-state index is -1.43. The molecular formula is C19H13ClF2N2O3S. The van der Waals surface area contributed by atoms with Crippen LogP contribution in [0, 0.1) is 11.6 Å². The number of carbonyl (C=O) groups is 2. The van der Waals surface area contributed by atoms with Gasteiger partial charge in [0.05, 0.1) is 17.1 Å². The summed E-state index contributed by atoms with van der Waals surface area (Å²) in [6.45, 7) is 0. The van der Waals surface area contributed by atoms with Gasteiger partial charge in [-0.3, -0.25) is 4.79 Å². The third-order valence-corrected chi connectivity index (χ3v) is 5.04. The highest BCUT2D eigenvalue weighted by Gasteiger charge is 2.23. The predicted octanol–water partition coefficient (Wildman–Crippen LogP) is 4.23. The molecule has 144 valence electrons. The predicted molar refractivity (Wildman–Crippen MR) is 101 cm³/mol. The van der Waals surface area contributed by atoms with Crippen LogP contribution in [-0.2, 0) is 16.0 Å². The summed E-state index contributed by atoms with van der Waals surface area (Å²) < 4.78 is 26.9. The molecule has 3 rings (SSSR count). The molecule has 0 saturated carbocycles. The molecule has 0 radical (unpaired) electrons. The molecule has 2 N–H and O–H groups in total. The van der Waals surface area contributed by atoms with Gasteiger partial charge in [-0.05, 0) is 29.8 Å². The van der Waals surface area contributed by atoms with E-state index < -0.39 is 29.6 Å². The number of aromatic nitrogens is 1. The average Bonchev–Trinajstić information content (AvgIpc) is 3.10. The van der Waals surface area contributed by atoms with E-state index in [0.717, 1.165) is 6.07 Å². The molecule has 0 aliphatic heterocycles. The maximum absolute atomic E-state index is 13.6. The number of nitrogens with one attached hydrogen (secondary N) is 1. The maximum Gasteiger partial charge on any atom is 0.330 e. The van der Waals surface area contributed by atoms with E-state index in [1.54, 1.807) is 17.5 Å². The van der Waals surface area contributed by atoms with Crippen molar-refractivity contribution in [3.63, 3.8) is 0 Å². The first-order valence-corrected chi connectivity index (χ1v) is 9.26. The number of halogens is 3. The van der Waals surface area contributed by atoms with Gasteiger partial charge in [-0.1, -0.05) is 29.8 Å². The van der Waals surface area contributed by atoms with Crippen molar-refractivity contribution in [2.45, 2.75) is 12.5 Å².